The minimum Gasteiger partial charge on any atom is -0.484 e. The third-order valence-electron chi connectivity index (χ3n) is 5.63. The first-order chi connectivity index (χ1) is 13.2. The van der Waals surface area contributed by atoms with Crippen molar-refractivity contribution in [2.24, 2.45) is 0 Å². The molecule has 2 unspecified atom stereocenters. The van der Waals surface area contributed by atoms with Crippen molar-refractivity contribution in [1.29, 1.82) is 0 Å². The standard InChI is InChI=1S/C20H23ClN4O2/c1-24-16-2-3-17(24)13-25(5-4-16)19-9-18(27-7-6-26)12-23-20(19)14-8-15(21)11-22-10-14/h6,8-12,16-17H,2-5,7,13H2,1H3. The first kappa shape index (κ1) is 18.2. The highest BCUT2D eigenvalue weighted by atomic mass is 35.5. The molecule has 2 bridgehead atoms. The van der Waals surface area contributed by atoms with Crippen molar-refractivity contribution in [2.75, 3.05) is 31.6 Å². The van der Waals surface area contributed by atoms with Crippen molar-refractivity contribution in [3.63, 3.8) is 0 Å². The highest BCUT2D eigenvalue weighted by Gasteiger charge is 2.35. The summed E-state index contributed by atoms with van der Waals surface area (Å²) in [5, 5.41) is 0.580. The molecule has 2 aromatic heterocycles. The molecule has 0 aliphatic carbocycles. The van der Waals surface area contributed by atoms with Gasteiger partial charge in [-0.1, -0.05) is 11.6 Å². The van der Waals surface area contributed by atoms with Gasteiger partial charge in [-0.05, 0) is 32.4 Å². The number of ether oxygens (including phenoxy) is 1. The Kier molecular flexibility index (Phi) is 5.27. The fourth-order valence-corrected chi connectivity index (χ4v) is 4.35. The van der Waals surface area contributed by atoms with Gasteiger partial charge in [0.1, 0.15) is 12.4 Å². The van der Waals surface area contributed by atoms with E-state index in [9.17, 15) is 4.79 Å². The molecule has 6 nitrogen and oxygen atoms in total. The van der Waals surface area contributed by atoms with E-state index < -0.39 is 0 Å². The van der Waals surface area contributed by atoms with Crippen LogP contribution in [0.3, 0.4) is 0 Å². The van der Waals surface area contributed by atoms with E-state index in [-0.39, 0.29) is 6.61 Å². The molecule has 2 aromatic rings. The fourth-order valence-electron chi connectivity index (χ4n) is 4.18. The summed E-state index contributed by atoms with van der Waals surface area (Å²) in [4.78, 5) is 24.4. The van der Waals surface area contributed by atoms with E-state index in [1.807, 2.05) is 12.1 Å². The summed E-state index contributed by atoms with van der Waals surface area (Å²) in [6, 6.07) is 5.05. The molecule has 0 spiro atoms. The molecule has 27 heavy (non-hydrogen) atoms. The average Bonchev–Trinajstić information content (AvgIpc) is 2.92. The lowest BCUT2D eigenvalue weighted by Crippen LogP contribution is -2.36. The van der Waals surface area contributed by atoms with E-state index in [1.165, 1.54) is 12.8 Å². The minimum atomic E-state index is 0.0205. The van der Waals surface area contributed by atoms with E-state index in [1.54, 1.807) is 18.6 Å². The molecule has 4 rings (SSSR count). The van der Waals surface area contributed by atoms with Crippen LogP contribution in [0.2, 0.25) is 5.02 Å². The third kappa shape index (κ3) is 3.77. The average molecular weight is 387 g/mol. The normalized spacial score (nSPS) is 22.5. The summed E-state index contributed by atoms with van der Waals surface area (Å²) in [7, 11) is 2.23. The zero-order valence-corrected chi connectivity index (χ0v) is 16.1. The Labute approximate surface area is 164 Å². The number of rotatable bonds is 5. The molecule has 0 aromatic carbocycles. The molecular weight excluding hydrogens is 364 g/mol. The largest absolute Gasteiger partial charge is 0.484 e. The zero-order chi connectivity index (χ0) is 18.8. The zero-order valence-electron chi connectivity index (χ0n) is 15.3. The Bertz CT molecular complexity index is 831. The number of carbonyl (C=O) groups excluding carboxylic acids is 1. The number of carbonyl (C=O) groups is 1. The van der Waals surface area contributed by atoms with Gasteiger partial charge in [-0.25, -0.2) is 0 Å². The van der Waals surface area contributed by atoms with Crippen LogP contribution in [-0.2, 0) is 4.79 Å². The molecule has 7 heteroatoms. The van der Waals surface area contributed by atoms with E-state index in [2.05, 4.69) is 26.8 Å². The molecule has 0 radical (unpaired) electrons. The predicted octanol–water partition coefficient (Wildman–Crippen LogP) is 3.05. The van der Waals surface area contributed by atoms with E-state index >= 15 is 0 Å². The van der Waals surface area contributed by atoms with Crippen LogP contribution < -0.4 is 9.64 Å². The van der Waals surface area contributed by atoms with E-state index in [4.69, 9.17) is 16.3 Å². The second-order valence-corrected chi connectivity index (χ2v) is 7.63. The van der Waals surface area contributed by atoms with Crippen LogP contribution in [0.15, 0.2) is 30.7 Å². The maximum Gasteiger partial charge on any atom is 0.157 e. The van der Waals surface area contributed by atoms with Crippen molar-refractivity contribution >= 4 is 23.6 Å². The number of halogens is 1. The molecule has 0 saturated carbocycles. The Balaban J connectivity index is 1.72. The van der Waals surface area contributed by atoms with Gasteiger partial charge in [0.05, 0.1) is 22.6 Å². The summed E-state index contributed by atoms with van der Waals surface area (Å²) in [6.07, 6.45) is 9.42. The first-order valence-electron chi connectivity index (χ1n) is 9.30. The van der Waals surface area contributed by atoms with Crippen LogP contribution in [-0.4, -0.2) is 60.0 Å². The van der Waals surface area contributed by atoms with Gasteiger partial charge in [0.25, 0.3) is 0 Å². The second-order valence-electron chi connectivity index (χ2n) is 7.19. The molecule has 2 aliphatic heterocycles. The second kappa shape index (κ2) is 7.82. The monoisotopic (exact) mass is 386 g/mol. The van der Waals surface area contributed by atoms with Crippen molar-refractivity contribution in [3.8, 4) is 17.0 Å². The molecule has 142 valence electrons. The number of hydrogen-bond acceptors (Lipinski definition) is 6. The van der Waals surface area contributed by atoms with Gasteiger partial charge in [0.15, 0.2) is 6.29 Å². The number of aromatic nitrogens is 2. The minimum absolute atomic E-state index is 0.0205. The summed E-state index contributed by atoms with van der Waals surface area (Å²) in [5.41, 5.74) is 2.72. The van der Waals surface area contributed by atoms with Crippen molar-refractivity contribution in [1.82, 2.24) is 14.9 Å². The van der Waals surface area contributed by atoms with E-state index in [0.717, 1.165) is 42.7 Å². The number of likely N-dealkylation sites (N-methyl/N-ethyl adjacent to an activating group) is 1. The van der Waals surface area contributed by atoms with Crippen molar-refractivity contribution in [3.05, 3.63) is 35.7 Å². The van der Waals surface area contributed by atoms with Crippen molar-refractivity contribution in [2.45, 2.75) is 31.3 Å². The lowest BCUT2D eigenvalue weighted by atomic mass is 10.1. The van der Waals surface area contributed by atoms with E-state index in [0.29, 0.717) is 22.9 Å². The maximum absolute atomic E-state index is 10.7. The number of aldehydes is 1. The van der Waals surface area contributed by atoms with Crippen LogP contribution in [0.25, 0.3) is 11.3 Å². The molecule has 2 fully saturated rings. The van der Waals surface area contributed by atoms with Crippen LogP contribution in [0, 0.1) is 0 Å². The Morgan fingerprint density at radius 2 is 2.07 bits per heavy atom. The Morgan fingerprint density at radius 3 is 2.89 bits per heavy atom. The van der Waals surface area contributed by atoms with Gasteiger partial charge in [0.2, 0.25) is 0 Å². The molecule has 2 saturated heterocycles. The first-order valence-corrected chi connectivity index (χ1v) is 9.68. The molecule has 0 amide bonds. The number of pyridine rings is 2. The molecule has 0 N–H and O–H groups in total. The van der Waals surface area contributed by atoms with Gasteiger partial charge in [-0.2, -0.15) is 0 Å². The number of nitrogens with zero attached hydrogens (tertiary/aromatic N) is 4. The van der Waals surface area contributed by atoms with Gasteiger partial charge in [-0.3, -0.25) is 19.7 Å². The van der Waals surface area contributed by atoms with Gasteiger partial charge in [-0.15, -0.1) is 0 Å². The molecular formula is C20H23ClN4O2. The van der Waals surface area contributed by atoms with Gasteiger partial charge >= 0.3 is 0 Å². The van der Waals surface area contributed by atoms with Gasteiger partial charge in [0, 0.05) is 49.2 Å². The summed E-state index contributed by atoms with van der Waals surface area (Å²) >= 11 is 6.16. The Hall–Kier alpha value is -2.18. The van der Waals surface area contributed by atoms with Gasteiger partial charge < -0.3 is 9.64 Å². The smallest absolute Gasteiger partial charge is 0.157 e. The highest BCUT2D eigenvalue weighted by molar-refractivity contribution is 6.30. The molecule has 4 heterocycles. The van der Waals surface area contributed by atoms with Crippen LogP contribution in [0.5, 0.6) is 5.75 Å². The maximum atomic E-state index is 10.7. The Morgan fingerprint density at radius 1 is 1.22 bits per heavy atom. The summed E-state index contributed by atoms with van der Waals surface area (Å²) in [5.74, 6) is 0.596. The predicted molar refractivity (Wildman–Crippen MR) is 105 cm³/mol. The van der Waals surface area contributed by atoms with Crippen LogP contribution >= 0.6 is 11.6 Å². The lowest BCUT2D eigenvalue weighted by Gasteiger charge is -2.29. The SMILES string of the molecule is CN1C2CCC1CN(c1cc(OCC=O)cnc1-c1cncc(Cl)c1)CC2. The highest BCUT2D eigenvalue weighted by Crippen LogP contribution is 2.36. The molecule has 2 atom stereocenters. The fraction of sp³-hybridized carbons (Fsp3) is 0.450. The third-order valence-corrected chi connectivity index (χ3v) is 5.83. The number of anilines is 1. The quantitative estimate of drug-likeness (QED) is 0.736. The lowest BCUT2D eigenvalue weighted by molar-refractivity contribution is -0.109. The van der Waals surface area contributed by atoms with Crippen LogP contribution in [0.1, 0.15) is 19.3 Å². The van der Waals surface area contributed by atoms with Crippen molar-refractivity contribution < 1.29 is 9.53 Å². The topological polar surface area (TPSA) is 58.6 Å². The number of hydrogen-bond donors (Lipinski definition) is 0. The molecule has 2 aliphatic rings. The number of fused-ring (bicyclic) bond motifs is 2. The summed E-state index contributed by atoms with van der Waals surface area (Å²) < 4.78 is 5.51. The summed E-state index contributed by atoms with van der Waals surface area (Å²) in [6.45, 7) is 1.94. The van der Waals surface area contributed by atoms with Crippen LogP contribution in [0.4, 0.5) is 5.69 Å².